The second-order valence-corrected chi connectivity index (χ2v) is 6.54. The van der Waals surface area contributed by atoms with E-state index >= 15 is 0 Å². The van der Waals surface area contributed by atoms with E-state index in [0.717, 1.165) is 28.7 Å². The summed E-state index contributed by atoms with van der Waals surface area (Å²) in [6, 6.07) is 17.3. The zero-order valence-corrected chi connectivity index (χ0v) is 15.8. The fourth-order valence-corrected chi connectivity index (χ4v) is 2.92. The van der Waals surface area contributed by atoms with Gasteiger partial charge in [-0.25, -0.2) is 9.67 Å². The van der Waals surface area contributed by atoms with Crippen molar-refractivity contribution < 1.29 is 9.53 Å². The number of ether oxygens (including phenoxy) is 1. The quantitative estimate of drug-likeness (QED) is 0.689. The van der Waals surface area contributed by atoms with Gasteiger partial charge in [0.25, 0.3) is 0 Å². The first-order valence-electron chi connectivity index (χ1n) is 8.99. The summed E-state index contributed by atoms with van der Waals surface area (Å²) in [5, 5.41) is 7.30. The SMILES string of the molecule is Cc1nc(C)n(C(C)CC(=O)NCc2cccc(Oc3ccccc3)c2)n1. The summed E-state index contributed by atoms with van der Waals surface area (Å²) in [5.41, 5.74) is 0.984. The molecule has 1 heterocycles. The molecule has 1 aromatic heterocycles. The Balaban J connectivity index is 1.54. The average Bonchev–Trinajstić information content (AvgIpc) is 2.99. The highest BCUT2D eigenvalue weighted by Gasteiger charge is 2.14. The predicted octanol–water partition coefficient (Wildman–Crippen LogP) is 3.95. The number of hydrogen-bond acceptors (Lipinski definition) is 4. The van der Waals surface area contributed by atoms with E-state index in [9.17, 15) is 4.79 Å². The van der Waals surface area contributed by atoms with Crippen molar-refractivity contribution in [3.05, 3.63) is 71.8 Å². The van der Waals surface area contributed by atoms with Crippen molar-refractivity contribution in [2.75, 3.05) is 0 Å². The Labute approximate surface area is 159 Å². The molecule has 0 aliphatic heterocycles. The van der Waals surface area contributed by atoms with Crippen LogP contribution in [0.3, 0.4) is 0 Å². The smallest absolute Gasteiger partial charge is 0.222 e. The summed E-state index contributed by atoms with van der Waals surface area (Å²) in [6.45, 7) is 6.16. The Hall–Kier alpha value is -3.15. The van der Waals surface area contributed by atoms with E-state index in [1.807, 2.05) is 75.4 Å². The molecule has 0 bridgehead atoms. The lowest BCUT2D eigenvalue weighted by atomic mass is 10.2. The van der Waals surface area contributed by atoms with Crippen molar-refractivity contribution in [2.24, 2.45) is 0 Å². The molecule has 3 rings (SSSR count). The molecule has 140 valence electrons. The minimum absolute atomic E-state index is 0.0237. The summed E-state index contributed by atoms with van der Waals surface area (Å²) in [4.78, 5) is 16.6. The molecule has 0 saturated carbocycles. The molecule has 1 N–H and O–H groups in total. The van der Waals surface area contributed by atoms with Crippen molar-refractivity contribution in [3.8, 4) is 11.5 Å². The first-order valence-corrected chi connectivity index (χ1v) is 8.99. The molecule has 0 saturated heterocycles. The Bertz CT molecular complexity index is 906. The standard InChI is InChI=1S/C21H24N4O2/c1-15(25-17(3)23-16(2)24-25)12-21(26)22-14-18-8-7-11-20(13-18)27-19-9-5-4-6-10-19/h4-11,13,15H,12,14H2,1-3H3,(H,22,26). The minimum Gasteiger partial charge on any atom is -0.457 e. The van der Waals surface area contributed by atoms with Gasteiger partial charge >= 0.3 is 0 Å². The van der Waals surface area contributed by atoms with Gasteiger partial charge in [-0.05, 0) is 50.6 Å². The van der Waals surface area contributed by atoms with Crippen LogP contribution in [-0.2, 0) is 11.3 Å². The van der Waals surface area contributed by atoms with Crippen molar-refractivity contribution in [3.63, 3.8) is 0 Å². The number of benzene rings is 2. The lowest BCUT2D eigenvalue weighted by molar-refractivity contribution is -0.122. The monoisotopic (exact) mass is 364 g/mol. The van der Waals surface area contributed by atoms with E-state index in [1.54, 1.807) is 4.68 Å². The van der Waals surface area contributed by atoms with Crippen LogP contribution in [0.2, 0.25) is 0 Å². The van der Waals surface area contributed by atoms with Gasteiger partial charge in [-0.3, -0.25) is 4.79 Å². The van der Waals surface area contributed by atoms with Crippen molar-refractivity contribution >= 4 is 5.91 Å². The molecule has 2 aromatic carbocycles. The lowest BCUT2D eigenvalue weighted by Crippen LogP contribution is -2.26. The van der Waals surface area contributed by atoms with Crippen LogP contribution in [0, 0.1) is 13.8 Å². The number of nitrogens with one attached hydrogen (secondary N) is 1. The summed E-state index contributed by atoms with van der Waals surface area (Å²) in [5.74, 6) is 3.04. The summed E-state index contributed by atoms with van der Waals surface area (Å²) in [6.07, 6.45) is 0.351. The van der Waals surface area contributed by atoms with E-state index < -0.39 is 0 Å². The van der Waals surface area contributed by atoms with Crippen LogP contribution in [0.1, 0.15) is 36.6 Å². The Morgan fingerprint density at radius 2 is 1.85 bits per heavy atom. The van der Waals surface area contributed by atoms with Crippen molar-refractivity contribution in [1.82, 2.24) is 20.1 Å². The fraction of sp³-hybridized carbons (Fsp3) is 0.286. The molecule has 1 amide bonds. The molecule has 0 spiro atoms. The van der Waals surface area contributed by atoms with E-state index in [1.165, 1.54) is 0 Å². The number of aromatic nitrogens is 3. The van der Waals surface area contributed by atoms with Crippen LogP contribution in [0.5, 0.6) is 11.5 Å². The molecule has 27 heavy (non-hydrogen) atoms. The molecular weight excluding hydrogens is 340 g/mol. The van der Waals surface area contributed by atoms with Crippen LogP contribution in [-0.4, -0.2) is 20.7 Å². The summed E-state index contributed by atoms with van der Waals surface area (Å²) < 4.78 is 7.63. The number of rotatable bonds is 7. The number of amides is 1. The third kappa shape index (κ3) is 5.17. The Morgan fingerprint density at radius 1 is 1.11 bits per heavy atom. The van der Waals surface area contributed by atoms with Gasteiger partial charge in [-0.15, -0.1) is 0 Å². The molecule has 1 unspecified atom stereocenters. The minimum atomic E-state index is -0.0426. The number of para-hydroxylation sites is 1. The molecule has 1 atom stereocenters. The molecule has 6 nitrogen and oxygen atoms in total. The third-order valence-electron chi connectivity index (χ3n) is 4.17. The van der Waals surface area contributed by atoms with Crippen molar-refractivity contribution in [1.29, 1.82) is 0 Å². The number of carbonyl (C=O) groups is 1. The van der Waals surface area contributed by atoms with E-state index in [0.29, 0.717) is 13.0 Å². The molecule has 6 heteroatoms. The van der Waals surface area contributed by atoms with Crippen LogP contribution in [0.25, 0.3) is 0 Å². The first kappa shape index (κ1) is 18.6. The van der Waals surface area contributed by atoms with Crippen LogP contribution >= 0.6 is 0 Å². The van der Waals surface area contributed by atoms with Gasteiger partial charge in [0, 0.05) is 13.0 Å². The highest BCUT2D eigenvalue weighted by molar-refractivity contribution is 5.76. The predicted molar refractivity (Wildman–Crippen MR) is 104 cm³/mol. The van der Waals surface area contributed by atoms with E-state index in [4.69, 9.17) is 4.74 Å². The lowest BCUT2D eigenvalue weighted by Gasteiger charge is -2.13. The third-order valence-corrected chi connectivity index (χ3v) is 4.17. The highest BCUT2D eigenvalue weighted by Crippen LogP contribution is 2.21. The first-order chi connectivity index (χ1) is 13.0. The second-order valence-electron chi connectivity index (χ2n) is 6.54. The molecule has 0 radical (unpaired) electrons. The summed E-state index contributed by atoms with van der Waals surface area (Å²) in [7, 11) is 0. The largest absolute Gasteiger partial charge is 0.457 e. The van der Waals surface area contributed by atoms with E-state index in [2.05, 4.69) is 15.4 Å². The van der Waals surface area contributed by atoms with Gasteiger partial charge in [0.2, 0.25) is 5.91 Å². The number of hydrogen-bond donors (Lipinski definition) is 1. The molecule has 0 fully saturated rings. The topological polar surface area (TPSA) is 69.0 Å². The van der Waals surface area contributed by atoms with Gasteiger partial charge < -0.3 is 10.1 Å². The number of aryl methyl sites for hydroxylation is 2. The zero-order valence-electron chi connectivity index (χ0n) is 15.8. The summed E-state index contributed by atoms with van der Waals surface area (Å²) >= 11 is 0. The zero-order chi connectivity index (χ0) is 19.2. The average molecular weight is 364 g/mol. The maximum atomic E-state index is 12.3. The maximum absolute atomic E-state index is 12.3. The number of carbonyl (C=O) groups excluding carboxylic acids is 1. The Kier molecular flexibility index (Phi) is 5.86. The maximum Gasteiger partial charge on any atom is 0.222 e. The van der Waals surface area contributed by atoms with Crippen LogP contribution in [0.15, 0.2) is 54.6 Å². The number of nitrogens with zero attached hydrogens (tertiary/aromatic N) is 3. The van der Waals surface area contributed by atoms with Crippen LogP contribution in [0.4, 0.5) is 0 Å². The Morgan fingerprint density at radius 3 is 2.56 bits per heavy atom. The molecule has 0 aliphatic carbocycles. The second kappa shape index (κ2) is 8.49. The fourth-order valence-electron chi connectivity index (χ4n) is 2.92. The molecular formula is C21H24N4O2. The normalized spacial score (nSPS) is 11.8. The van der Waals surface area contributed by atoms with Gasteiger partial charge in [-0.1, -0.05) is 30.3 Å². The van der Waals surface area contributed by atoms with Gasteiger partial charge in [0.15, 0.2) is 0 Å². The van der Waals surface area contributed by atoms with Gasteiger partial charge in [0.05, 0.1) is 6.04 Å². The van der Waals surface area contributed by atoms with Gasteiger partial charge in [-0.2, -0.15) is 5.10 Å². The highest BCUT2D eigenvalue weighted by atomic mass is 16.5. The van der Waals surface area contributed by atoms with E-state index in [-0.39, 0.29) is 11.9 Å². The van der Waals surface area contributed by atoms with Crippen molar-refractivity contribution in [2.45, 2.75) is 39.8 Å². The van der Waals surface area contributed by atoms with Gasteiger partial charge in [0.1, 0.15) is 23.1 Å². The van der Waals surface area contributed by atoms with Crippen LogP contribution < -0.4 is 10.1 Å². The molecule has 3 aromatic rings. The molecule has 0 aliphatic rings.